The topological polar surface area (TPSA) is 41.1 Å². The fraction of sp³-hybridized carbons (Fsp3) is 0.188. The lowest BCUT2D eigenvalue weighted by Gasteiger charge is -2.17. The van der Waals surface area contributed by atoms with Crippen LogP contribution < -0.4 is 10.6 Å². The van der Waals surface area contributed by atoms with Gasteiger partial charge in [-0.05, 0) is 42.7 Å². The highest BCUT2D eigenvalue weighted by molar-refractivity contribution is 9.10. The zero-order valence-corrected chi connectivity index (χ0v) is 13.5. The molecule has 1 aliphatic heterocycles. The maximum absolute atomic E-state index is 12.3. The molecule has 1 atom stereocenters. The van der Waals surface area contributed by atoms with Crippen LogP contribution in [0.5, 0.6) is 0 Å². The minimum Gasteiger partial charge on any atom is -0.372 e. The highest BCUT2D eigenvalue weighted by Gasteiger charge is 2.23. The Kier molecular flexibility index (Phi) is 4.17. The summed E-state index contributed by atoms with van der Waals surface area (Å²) in [6.45, 7) is 0. The predicted octanol–water partition coefficient (Wildman–Crippen LogP) is 4.47. The summed E-state index contributed by atoms with van der Waals surface area (Å²) in [7, 11) is 0. The van der Waals surface area contributed by atoms with Gasteiger partial charge in [0.15, 0.2) is 0 Å². The molecule has 0 aromatic heterocycles. The van der Waals surface area contributed by atoms with Crippen molar-refractivity contribution in [1.82, 2.24) is 0 Å². The van der Waals surface area contributed by atoms with E-state index in [0.717, 1.165) is 34.3 Å². The lowest BCUT2D eigenvalue weighted by Crippen LogP contribution is -2.33. The molecule has 0 saturated heterocycles. The van der Waals surface area contributed by atoms with Gasteiger partial charge in [0, 0.05) is 10.2 Å². The van der Waals surface area contributed by atoms with Gasteiger partial charge in [-0.25, -0.2) is 0 Å². The summed E-state index contributed by atoms with van der Waals surface area (Å²) >= 11 is 9.58. The third kappa shape index (κ3) is 3.22. The second kappa shape index (κ2) is 6.08. The van der Waals surface area contributed by atoms with Gasteiger partial charge in [0.2, 0.25) is 5.91 Å². The quantitative estimate of drug-likeness (QED) is 0.824. The van der Waals surface area contributed by atoms with Crippen LogP contribution in [-0.4, -0.2) is 11.9 Å². The maximum Gasteiger partial charge on any atom is 0.246 e. The second-order valence-electron chi connectivity index (χ2n) is 5.01. The van der Waals surface area contributed by atoms with Crippen molar-refractivity contribution in [2.24, 2.45) is 0 Å². The molecule has 3 rings (SSSR count). The molecule has 0 fully saturated rings. The number of halogens is 2. The Morgan fingerprint density at radius 2 is 2.05 bits per heavy atom. The van der Waals surface area contributed by atoms with Crippen LogP contribution in [0.15, 0.2) is 46.9 Å². The van der Waals surface area contributed by atoms with Crippen LogP contribution in [0, 0.1) is 0 Å². The summed E-state index contributed by atoms with van der Waals surface area (Å²) in [5.74, 6) is -0.0288. The fourth-order valence-corrected chi connectivity index (χ4v) is 3.17. The number of rotatable bonds is 2. The van der Waals surface area contributed by atoms with Crippen molar-refractivity contribution >= 4 is 44.8 Å². The smallest absolute Gasteiger partial charge is 0.246 e. The molecular formula is C16H14BrClN2O. The van der Waals surface area contributed by atoms with Crippen molar-refractivity contribution in [3.05, 3.63) is 57.5 Å². The highest BCUT2D eigenvalue weighted by Crippen LogP contribution is 2.28. The van der Waals surface area contributed by atoms with Gasteiger partial charge in [-0.15, -0.1) is 0 Å². The Labute approximate surface area is 136 Å². The Morgan fingerprint density at radius 1 is 1.24 bits per heavy atom. The second-order valence-corrected chi connectivity index (χ2v) is 6.33. The Hall–Kier alpha value is -1.52. The normalized spacial score (nSPS) is 17.6. The van der Waals surface area contributed by atoms with Crippen molar-refractivity contribution < 1.29 is 4.79 Å². The van der Waals surface area contributed by atoms with E-state index in [0.29, 0.717) is 5.02 Å². The SMILES string of the molecule is O=C1Nc2ccccc2CCC1Nc1ccc(Br)cc1Cl. The number of anilines is 2. The third-order valence-corrected chi connectivity index (χ3v) is 4.36. The molecule has 2 aromatic carbocycles. The van der Waals surface area contributed by atoms with Crippen molar-refractivity contribution in [3.8, 4) is 0 Å². The number of aryl methyl sites for hydroxylation is 1. The molecule has 0 aliphatic carbocycles. The van der Waals surface area contributed by atoms with E-state index in [-0.39, 0.29) is 11.9 Å². The average Bonchev–Trinajstić information content (AvgIpc) is 2.61. The lowest BCUT2D eigenvalue weighted by molar-refractivity contribution is -0.116. The molecule has 108 valence electrons. The predicted molar refractivity (Wildman–Crippen MR) is 90.0 cm³/mol. The van der Waals surface area contributed by atoms with E-state index < -0.39 is 0 Å². The molecule has 0 radical (unpaired) electrons. The largest absolute Gasteiger partial charge is 0.372 e. The number of para-hydroxylation sites is 1. The first kappa shape index (κ1) is 14.4. The number of carbonyl (C=O) groups is 1. The molecule has 1 unspecified atom stereocenters. The zero-order valence-electron chi connectivity index (χ0n) is 11.2. The minimum absolute atomic E-state index is 0.0288. The van der Waals surface area contributed by atoms with Gasteiger partial charge >= 0.3 is 0 Å². The van der Waals surface area contributed by atoms with Gasteiger partial charge < -0.3 is 10.6 Å². The molecule has 0 saturated carbocycles. The molecule has 3 nitrogen and oxygen atoms in total. The molecule has 21 heavy (non-hydrogen) atoms. The van der Waals surface area contributed by atoms with Crippen LogP contribution in [0.4, 0.5) is 11.4 Å². The van der Waals surface area contributed by atoms with Crippen LogP contribution in [0.2, 0.25) is 5.02 Å². The molecule has 1 amide bonds. The number of carbonyl (C=O) groups excluding carboxylic acids is 1. The van der Waals surface area contributed by atoms with Crippen LogP contribution in [0.1, 0.15) is 12.0 Å². The zero-order chi connectivity index (χ0) is 14.8. The van der Waals surface area contributed by atoms with Crippen LogP contribution in [-0.2, 0) is 11.2 Å². The summed E-state index contributed by atoms with van der Waals surface area (Å²) in [5, 5.41) is 6.80. The van der Waals surface area contributed by atoms with E-state index in [1.54, 1.807) is 0 Å². The minimum atomic E-state index is -0.295. The van der Waals surface area contributed by atoms with E-state index in [1.165, 1.54) is 0 Å². The first-order valence-corrected chi connectivity index (χ1v) is 7.91. The van der Waals surface area contributed by atoms with E-state index in [4.69, 9.17) is 11.6 Å². The van der Waals surface area contributed by atoms with Crippen molar-refractivity contribution in [3.63, 3.8) is 0 Å². The first-order valence-electron chi connectivity index (χ1n) is 6.74. The van der Waals surface area contributed by atoms with Crippen molar-refractivity contribution in [2.45, 2.75) is 18.9 Å². The molecule has 5 heteroatoms. The Bertz CT molecular complexity index is 690. The van der Waals surface area contributed by atoms with Gasteiger partial charge in [-0.3, -0.25) is 4.79 Å². The summed E-state index contributed by atoms with van der Waals surface area (Å²) < 4.78 is 0.913. The number of hydrogen-bond acceptors (Lipinski definition) is 2. The fourth-order valence-electron chi connectivity index (χ4n) is 2.44. The first-order chi connectivity index (χ1) is 10.1. The summed E-state index contributed by atoms with van der Waals surface area (Å²) in [5.41, 5.74) is 2.83. The monoisotopic (exact) mass is 364 g/mol. The van der Waals surface area contributed by atoms with E-state index >= 15 is 0 Å². The Balaban J connectivity index is 1.80. The van der Waals surface area contributed by atoms with E-state index in [1.807, 2.05) is 42.5 Å². The number of amides is 1. The van der Waals surface area contributed by atoms with Gasteiger partial charge in [-0.2, -0.15) is 0 Å². The van der Waals surface area contributed by atoms with Crippen LogP contribution in [0.25, 0.3) is 0 Å². The van der Waals surface area contributed by atoms with E-state index in [2.05, 4.69) is 26.6 Å². The molecule has 2 N–H and O–H groups in total. The standard InChI is InChI=1S/C16H14BrClN2O/c17-11-6-8-14(12(18)9-11)19-15-7-5-10-3-1-2-4-13(10)20-16(15)21/h1-4,6,8-9,15,19H,5,7H2,(H,20,21). The molecule has 1 aliphatic rings. The van der Waals surface area contributed by atoms with Crippen LogP contribution >= 0.6 is 27.5 Å². The number of fused-ring (bicyclic) bond motifs is 1. The molecule has 1 heterocycles. The summed E-state index contributed by atoms with van der Waals surface area (Å²) in [4.78, 5) is 12.3. The highest BCUT2D eigenvalue weighted by atomic mass is 79.9. The molecule has 0 bridgehead atoms. The molecule has 0 spiro atoms. The average molecular weight is 366 g/mol. The van der Waals surface area contributed by atoms with Crippen molar-refractivity contribution in [2.75, 3.05) is 10.6 Å². The number of nitrogens with one attached hydrogen (secondary N) is 2. The summed E-state index contributed by atoms with van der Waals surface area (Å²) in [6, 6.07) is 13.2. The van der Waals surface area contributed by atoms with Gasteiger partial charge in [-0.1, -0.05) is 45.7 Å². The number of hydrogen-bond donors (Lipinski definition) is 2. The van der Waals surface area contributed by atoms with Gasteiger partial charge in [0.1, 0.15) is 6.04 Å². The van der Waals surface area contributed by atoms with Gasteiger partial charge in [0.25, 0.3) is 0 Å². The molecular weight excluding hydrogens is 352 g/mol. The third-order valence-electron chi connectivity index (χ3n) is 3.55. The van der Waals surface area contributed by atoms with Gasteiger partial charge in [0.05, 0.1) is 10.7 Å². The van der Waals surface area contributed by atoms with Crippen LogP contribution in [0.3, 0.4) is 0 Å². The summed E-state index contributed by atoms with van der Waals surface area (Å²) in [6.07, 6.45) is 1.58. The molecule has 2 aromatic rings. The number of benzene rings is 2. The van der Waals surface area contributed by atoms with Crippen molar-refractivity contribution in [1.29, 1.82) is 0 Å². The Morgan fingerprint density at radius 3 is 2.86 bits per heavy atom. The van der Waals surface area contributed by atoms with E-state index in [9.17, 15) is 4.79 Å². The lowest BCUT2D eigenvalue weighted by atomic mass is 10.1. The maximum atomic E-state index is 12.3.